The van der Waals surface area contributed by atoms with E-state index < -0.39 is 0 Å². The van der Waals surface area contributed by atoms with Gasteiger partial charge in [0, 0.05) is 56.1 Å². The van der Waals surface area contributed by atoms with E-state index in [1.54, 1.807) is 6.20 Å². The largest absolute Gasteiger partial charge is 0.454 e. The molecule has 55 heavy (non-hydrogen) atoms. The van der Waals surface area contributed by atoms with Crippen LogP contribution >= 0.6 is 0 Å². The van der Waals surface area contributed by atoms with E-state index in [2.05, 4.69) is 196 Å². The fraction of sp³-hybridized carbons (Fsp3) is 0. The molecule has 0 N–H and O–H groups in total. The van der Waals surface area contributed by atoms with Crippen molar-refractivity contribution in [2.45, 2.75) is 0 Å². The molecule has 0 fully saturated rings. The third-order valence-corrected chi connectivity index (χ3v) is 10.9. The van der Waals surface area contributed by atoms with Crippen molar-refractivity contribution >= 4 is 71.6 Å². The highest BCUT2D eigenvalue weighted by molar-refractivity contribution is 6.11. The summed E-state index contributed by atoms with van der Waals surface area (Å²) in [4.78, 5) is 6.64. The van der Waals surface area contributed by atoms with Gasteiger partial charge in [-0.25, -0.2) is 0 Å². The highest BCUT2D eigenvalue weighted by Crippen LogP contribution is 2.42. The van der Waals surface area contributed by atoms with E-state index in [-0.39, 0.29) is 0 Å². The molecule has 0 amide bonds. The number of hydrogen-bond acceptors (Lipinski definition) is 3. The van der Waals surface area contributed by atoms with E-state index in [1.807, 2.05) is 12.3 Å². The molecule has 0 aliphatic rings. The number of hydrogen-bond donors (Lipinski definition) is 0. The summed E-state index contributed by atoms with van der Waals surface area (Å²) >= 11 is 0. The van der Waals surface area contributed by atoms with Crippen molar-refractivity contribution < 1.29 is 4.42 Å². The Morgan fingerprint density at radius 2 is 1.11 bits per heavy atom. The van der Waals surface area contributed by atoms with Crippen LogP contribution in [0.25, 0.3) is 82.5 Å². The van der Waals surface area contributed by atoms with E-state index in [0.29, 0.717) is 0 Å². The molecule has 3 heterocycles. The lowest BCUT2D eigenvalue weighted by Gasteiger charge is -2.26. The average molecular weight is 704 g/mol. The Balaban J connectivity index is 1.05. The van der Waals surface area contributed by atoms with E-state index in [9.17, 15) is 0 Å². The minimum Gasteiger partial charge on any atom is -0.454 e. The van der Waals surface area contributed by atoms with Gasteiger partial charge in [-0.05, 0) is 100 Å². The molecule has 11 rings (SSSR count). The minimum absolute atomic E-state index is 0.795. The van der Waals surface area contributed by atoms with Gasteiger partial charge in [0.05, 0.1) is 17.2 Å². The first-order valence-electron chi connectivity index (χ1n) is 18.6. The van der Waals surface area contributed by atoms with Crippen LogP contribution in [-0.4, -0.2) is 9.55 Å². The first kappa shape index (κ1) is 31.1. The first-order chi connectivity index (χ1) is 27.3. The van der Waals surface area contributed by atoms with Gasteiger partial charge in [0.15, 0.2) is 5.58 Å². The number of anilines is 3. The Morgan fingerprint density at radius 1 is 0.436 bits per heavy atom. The van der Waals surface area contributed by atoms with Gasteiger partial charge >= 0.3 is 0 Å². The molecule has 0 aliphatic heterocycles. The van der Waals surface area contributed by atoms with Crippen LogP contribution in [0.5, 0.6) is 0 Å². The van der Waals surface area contributed by atoms with Gasteiger partial charge in [0.25, 0.3) is 0 Å². The zero-order valence-electron chi connectivity index (χ0n) is 29.8. The van der Waals surface area contributed by atoms with Crippen molar-refractivity contribution in [2.75, 3.05) is 4.90 Å². The average Bonchev–Trinajstić information content (AvgIpc) is 3.80. The summed E-state index contributed by atoms with van der Waals surface area (Å²) in [5.74, 6) is 0. The summed E-state index contributed by atoms with van der Waals surface area (Å²) < 4.78 is 8.72. The molecule has 258 valence electrons. The van der Waals surface area contributed by atoms with E-state index >= 15 is 0 Å². The third kappa shape index (κ3) is 5.19. The Labute approximate surface area is 317 Å². The molecule has 0 radical (unpaired) electrons. The van der Waals surface area contributed by atoms with Gasteiger partial charge in [0.1, 0.15) is 5.58 Å². The summed E-state index contributed by atoms with van der Waals surface area (Å²) in [6.07, 6.45) is 3.61. The predicted octanol–water partition coefficient (Wildman–Crippen LogP) is 14.0. The van der Waals surface area contributed by atoms with Gasteiger partial charge in [-0.3, -0.25) is 4.98 Å². The van der Waals surface area contributed by atoms with Crippen molar-refractivity contribution in [1.29, 1.82) is 0 Å². The Morgan fingerprint density at radius 3 is 1.95 bits per heavy atom. The highest BCUT2D eigenvalue weighted by Gasteiger charge is 2.19. The lowest BCUT2D eigenvalue weighted by Crippen LogP contribution is -2.10. The number of benzene rings is 8. The summed E-state index contributed by atoms with van der Waals surface area (Å²) in [5, 5.41) is 7.08. The standard InChI is InChI=1S/C51H33N3O/c1-2-11-39(12-3-1)54-48-16-7-6-13-44(48)47-32-42(27-28-49(47)54)53(40-23-19-35(20-24-40)38-18-17-34-9-4-5-10-37(34)31-38)41-25-21-36(22-26-41)43-14-8-15-46-45-29-30-52-33-50(45)55-51(43)46/h1-33H. The maximum Gasteiger partial charge on any atom is 0.153 e. The second kappa shape index (κ2) is 12.6. The van der Waals surface area contributed by atoms with Crippen LogP contribution in [0, 0.1) is 0 Å². The van der Waals surface area contributed by atoms with Gasteiger partial charge in [0.2, 0.25) is 0 Å². The van der Waals surface area contributed by atoms with Crippen LogP contribution in [0.1, 0.15) is 0 Å². The second-order valence-electron chi connectivity index (χ2n) is 14.0. The number of nitrogens with zero attached hydrogens (tertiary/aromatic N) is 3. The zero-order chi connectivity index (χ0) is 36.3. The van der Waals surface area contributed by atoms with Crippen LogP contribution in [0.4, 0.5) is 17.1 Å². The Bertz CT molecular complexity index is 3190. The van der Waals surface area contributed by atoms with Crippen LogP contribution in [0.2, 0.25) is 0 Å². The number of pyridine rings is 1. The number of fused-ring (bicyclic) bond motifs is 7. The molecule has 4 heteroatoms. The SMILES string of the molecule is c1ccc(-n2c3ccccc3c3cc(N(c4ccc(-c5ccc6ccccc6c5)cc4)c4ccc(-c5cccc6c5oc5cnccc56)cc4)ccc32)cc1. The molecular formula is C51H33N3O. The monoisotopic (exact) mass is 703 g/mol. The molecule has 8 aromatic carbocycles. The fourth-order valence-corrected chi connectivity index (χ4v) is 8.24. The highest BCUT2D eigenvalue weighted by atomic mass is 16.3. The topological polar surface area (TPSA) is 34.2 Å². The second-order valence-corrected chi connectivity index (χ2v) is 14.0. The number of aromatic nitrogens is 2. The van der Waals surface area contributed by atoms with Crippen molar-refractivity contribution in [3.63, 3.8) is 0 Å². The zero-order valence-corrected chi connectivity index (χ0v) is 29.8. The van der Waals surface area contributed by atoms with Crippen LogP contribution in [0.3, 0.4) is 0 Å². The summed E-state index contributed by atoms with van der Waals surface area (Å²) in [6, 6.07) is 67.5. The van der Waals surface area contributed by atoms with Crippen molar-refractivity contribution in [3.05, 3.63) is 200 Å². The summed E-state index contributed by atoms with van der Waals surface area (Å²) in [5.41, 5.74) is 12.9. The van der Waals surface area contributed by atoms with Gasteiger partial charge < -0.3 is 13.9 Å². The lowest BCUT2D eigenvalue weighted by molar-refractivity contribution is 0.668. The van der Waals surface area contributed by atoms with Gasteiger partial charge in [-0.15, -0.1) is 0 Å². The first-order valence-corrected chi connectivity index (χ1v) is 18.6. The maximum atomic E-state index is 6.36. The molecule has 0 unspecified atom stereocenters. The van der Waals surface area contributed by atoms with Gasteiger partial charge in [-0.2, -0.15) is 0 Å². The third-order valence-electron chi connectivity index (χ3n) is 10.9. The van der Waals surface area contributed by atoms with Crippen molar-refractivity contribution in [1.82, 2.24) is 9.55 Å². The van der Waals surface area contributed by atoms with Gasteiger partial charge in [-0.1, -0.05) is 115 Å². The number of rotatable bonds is 6. The molecule has 0 bridgehead atoms. The molecule has 0 saturated carbocycles. The summed E-state index contributed by atoms with van der Waals surface area (Å²) in [6.45, 7) is 0. The van der Waals surface area contributed by atoms with E-state index in [1.165, 1.54) is 43.7 Å². The molecule has 0 aliphatic carbocycles. The molecule has 11 aromatic rings. The van der Waals surface area contributed by atoms with Crippen molar-refractivity contribution in [2.24, 2.45) is 0 Å². The maximum absolute atomic E-state index is 6.36. The van der Waals surface area contributed by atoms with Crippen LogP contribution in [0.15, 0.2) is 205 Å². The summed E-state index contributed by atoms with van der Waals surface area (Å²) in [7, 11) is 0. The predicted molar refractivity (Wildman–Crippen MR) is 229 cm³/mol. The minimum atomic E-state index is 0.795. The normalized spacial score (nSPS) is 11.6. The smallest absolute Gasteiger partial charge is 0.153 e. The quantitative estimate of drug-likeness (QED) is 0.173. The molecule has 0 atom stereocenters. The van der Waals surface area contributed by atoms with Crippen LogP contribution in [-0.2, 0) is 0 Å². The molecule has 0 saturated heterocycles. The van der Waals surface area contributed by atoms with Crippen molar-refractivity contribution in [3.8, 4) is 27.9 Å². The van der Waals surface area contributed by atoms with Crippen LogP contribution < -0.4 is 4.90 Å². The Hall–Kier alpha value is -7.43. The molecule has 0 spiro atoms. The number of furan rings is 1. The molecule has 3 aromatic heterocycles. The lowest BCUT2D eigenvalue weighted by atomic mass is 10.0. The van der Waals surface area contributed by atoms with E-state index in [4.69, 9.17) is 4.42 Å². The molecular weight excluding hydrogens is 671 g/mol. The number of para-hydroxylation sites is 3. The molecule has 4 nitrogen and oxygen atoms in total. The Kier molecular flexibility index (Phi) is 7.14. The van der Waals surface area contributed by atoms with E-state index in [0.717, 1.165) is 55.8 Å². The fourth-order valence-electron chi connectivity index (χ4n) is 8.24.